The van der Waals surface area contributed by atoms with Crippen LogP contribution < -0.4 is 5.32 Å². The molecule has 3 aromatic rings. The third-order valence-electron chi connectivity index (χ3n) is 3.59. The number of nitro groups is 1. The van der Waals surface area contributed by atoms with E-state index in [1.54, 1.807) is 0 Å². The standard InChI is InChI=1S/C17H10Cl2N2O6S/c18-10-1-4-12(5-2-10)28(25,26)16-8-7-15(27-16)17(22)20-11-3-6-13(19)14(9-11)21(23)24/h1-9H,(H,20,22). The summed E-state index contributed by atoms with van der Waals surface area (Å²) in [6.45, 7) is 0. The summed E-state index contributed by atoms with van der Waals surface area (Å²) in [5.41, 5.74) is -0.287. The summed E-state index contributed by atoms with van der Waals surface area (Å²) in [7, 11) is -3.98. The van der Waals surface area contributed by atoms with E-state index in [9.17, 15) is 23.3 Å². The van der Waals surface area contributed by atoms with E-state index in [1.807, 2.05) is 0 Å². The molecule has 144 valence electrons. The van der Waals surface area contributed by atoms with E-state index in [2.05, 4.69) is 5.32 Å². The summed E-state index contributed by atoms with van der Waals surface area (Å²) >= 11 is 11.5. The van der Waals surface area contributed by atoms with Crippen molar-refractivity contribution in [3.63, 3.8) is 0 Å². The van der Waals surface area contributed by atoms with Crippen LogP contribution in [0.2, 0.25) is 10.0 Å². The second-order valence-electron chi connectivity index (χ2n) is 5.45. The van der Waals surface area contributed by atoms with Gasteiger partial charge in [0.05, 0.1) is 9.82 Å². The maximum atomic E-state index is 12.5. The van der Waals surface area contributed by atoms with Crippen LogP contribution in [-0.4, -0.2) is 19.2 Å². The molecule has 2 aromatic carbocycles. The number of sulfone groups is 1. The molecule has 1 amide bonds. The summed E-state index contributed by atoms with van der Waals surface area (Å²) < 4.78 is 30.3. The third-order valence-corrected chi connectivity index (χ3v) is 5.81. The Hall–Kier alpha value is -2.88. The van der Waals surface area contributed by atoms with Crippen molar-refractivity contribution >= 4 is 50.3 Å². The molecule has 0 saturated heterocycles. The topological polar surface area (TPSA) is 120 Å². The molecule has 0 aliphatic rings. The minimum atomic E-state index is -3.98. The van der Waals surface area contributed by atoms with Gasteiger partial charge in [0, 0.05) is 16.8 Å². The Labute approximate surface area is 168 Å². The van der Waals surface area contributed by atoms with Crippen LogP contribution in [0.5, 0.6) is 0 Å². The van der Waals surface area contributed by atoms with Gasteiger partial charge in [-0.15, -0.1) is 0 Å². The van der Waals surface area contributed by atoms with Crippen LogP contribution in [-0.2, 0) is 9.84 Å². The smallest absolute Gasteiger partial charge is 0.291 e. The molecular formula is C17H10Cl2N2O6S. The second kappa shape index (κ2) is 7.63. The van der Waals surface area contributed by atoms with Gasteiger partial charge in [0.15, 0.2) is 5.76 Å². The fourth-order valence-corrected chi connectivity index (χ4v) is 3.73. The van der Waals surface area contributed by atoms with Crippen molar-refractivity contribution in [1.29, 1.82) is 0 Å². The third kappa shape index (κ3) is 4.01. The maximum absolute atomic E-state index is 12.5. The highest BCUT2D eigenvalue weighted by Crippen LogP contribution is 2.28. The summed E-state index contributed by atoms with van der Waals surface area (Å²) in [6, 6.07) is 11.5. The van der Waals surface area contributed by atoms with Gasteiger partial charge in [-0.3, -0.25) is 14.9 Å². The highest BCUT2D eigenvalue weighted by molar-refractivity contribution is 7.91. The zero-order valence-corrected chi connectivity index (χ0v) is 16.1. The van der Waals surface area contributed by atoms with Crippen LogP contribution in [0.4, 0.5) is 11.4 Å². The lowest BCUT2D eigenvalue weighted by Gasteiger charge is -2.04. The average Bonchev–Trinajstić information content (AvgIpc) is 3.14. The number of benzene rings is 2. The lowest BCUT2D eigenvalue weighted by Crippen LogP contribution is -2.11. The van der Waals surface area contributed by atoms with Crippen LogP contribution in [0.1, 0.15) is 10.6 Å². The first-order chi connectivity index (χ1) is 13.2. The van der Waals surface area contributed by atoms with E-state index >= 15 is 0 Å². The van der Waals surface area contributed by atoms with Gasteiger partial charge in [-0.05, 0) is 48.5 Å². The highest BCUT2D eigenvalue weighted by atomic mass is 35.5. The van der Waals surface area contributed by atoms with Gasteiger partial charge in [0.25, 0.3) is 11.6 Å². The van der Waals surface area contributed by atoms with Gasteiger partial charge >= 0.3 is 0 Å². The van der Waals surface area contributed by atoms with Crippen molar-refractivity contribution in [3.05, 3.63) is 80.5 Å². The molecule has 0 aliphatic carbocycles. The van der Waals surface area contributed by atoms with E-state index in [-0.39, 0.29) is 27.1 Å². The van der Waals surface area contributed by atoms with Gasteiger partial charge in [-0.25, -0.2) is 8.42 Å². The first-order valence-corrected chi connectivity index (χ1v) is 9.78. The Morgan fingerprint density at radius 2 is 1.71 bits per heavy atom. The molecule has 1 aromatic heterocycles. The predicted molar refractivity (Wildman–Crippen MR) is 102 cm³/mol. The van der Waals surface area contributed by atoms with Crippen LogP contribution in [0.25, 0.3) is 0 Å². The molecule has 0 atom stereocenters. The van der Waals surface area contributed by atoms with Gasteiger partial charge in [0.1, 0.15) is 5.02 Å². The molecule has 8 nitrogen and oxygen atoms in total. The normalized spacial score (nSPS) is 11.2. The zero-order chi connectivity index (χ0) is 20.5. The molecule has 1 N–H and O–H groups in total. The number of hydrogen-bond acceptors (Lipinski definition) is 6. The number of amides is 1. The van der Waals surface area contributed by atoms with Gasteiger partial charge in [-0.2, -0.15) is 0 Å². The van der Waals surface area contributed by atoms with E-state index in [4.69, 9.17) is 27.6 Å². The van der Waals surface area contributed by atoms with Crippen molar-refractivity contribution in [1.82, 2.24) is 0 Å². The van der Waals surface area contributed by atoms with E-state index in [0.29, 0.717) is 5.02 Å². The Morgan fingerprint density at radius 3 is 2.36 bits per heavy atom. The van der Waals surface area contributed by atoms with Crippen molar-refractivity contribution < 1.29 is 22.6 Å². The summed E-state index contributed by atoms with van der Waals surface area (Å²) in [5.74, 6) is -1.07. The molecule has 0 saturated carbocycles. The molecule has 0 aliphatic heterocycles. The fraction of sp³-hybridized carbons (Fsp3) is 0. The van der Waals surface area contributed by atoms with E-state index in [1.165, 1.54) is 42.5 Å². The number of carbonyl (C=O) groups excluding carboxylic acids is 1. The SMILES string of the molecule is O=C(Nc1ccc(Cl)c([N+](=O)[O-])c1)c1ccc(S(=O)(=O)c2ccc(Cl)cc2)o1. The first-order valence-electron chi connectivity index (χ1n) is 7.54. The molecular weight excluding hydrogens is 431 g/mol. The van der Waals surface area contributed by atoms with Crippen molar-refractivity contribution in [2.45, 2.75) is 9.99 Å². The van der Waals surface area contributed by atoms with Crippen molar-refractivity contribution in [2.75, 3.05) is 5.32 Å². The van der Waals surface area contributed by atoms with Crippen molar-refractivity contribution in [3.8, 4) is 0 Å². The number of anilines is 1. The van der Waals surface area contributed by atoms with Gasteiger partial charge < -0.3 is 9.73 Å². The largest absolute Gasteiger partial charge is 0.439 e. The first kappa shape index (κ1) is 19.9. The maximum Gasteiger partial charge on any atom is 0.291 e. The lowest BCUT2D eigenvalue weighted by atomic mass is 10.2. The Bertz CT molecular complexity index is 1170. The van der Waals surface area contributed by atoms with Gasteiger partial charge in [0.2, 0.25) is 14.9 Å². The number of rotatable bonds is 5. The van der Waals surface area contributed by atoms with E-state index < -0.39 is 25.8 Å². The Balaban J connectivity index is 1.84. The molecule has 3 rings (SSSR count). The van der Waals surface area contributed by atoms with Crippen LogP contribution in [0.15, 0.2) is 69.0 Å². The zero-order valence-electron chi connectivity index (χ0n) is 13.8. The highest BCUT2D eigenvalue weighted by Gasteiger charge is 2.24. The molecule has 0 unspecified atom stereocenters. The van der Waals surface area contributed by atoms with Gasteiger partial charge in [-0.1, -0.05) is 23.2 Å². The average molecular weight is 441 g/mol. The number of nitro benzene ring substituents is 1. The summed E-state index contributed by atoms with van der Waals surface area (Å²) in [4.78, 5) is 22.5. The Morgan fingerprint density at radius 1 is 1.04 bits per heavy atom. The summed E-state index contributed by atoms with van der Waals surface area (Å²) in [5, 5.41) is 13.2. The van der Waals surface area contributed by atoms with E-state index in [0.717, 1.165) is 12.1 Å². The summed E-state index contributed by atoms with van der Waals surface area (Å²) in [6.07, 6.45) is 0. The number of halogens is 2. The number of furan rings is 1. The minimum absolute atomic E-state index is 0.0495. The molecule has 11 heteroatoms. The molecule has 0 fully saturated rings. The monoisotopic (exact) mass is 440 g/mol. The quantitative estimate of drug-likeness (QED) is 0.457. The van der Waals surface area contributed by atoms with Crippen LogP contribution in [0.3, 0.4) is 0 Å². The Kier molecular flexibility index (Phi) is 5.41. The lowest BCUT2D eigenvalue weighted by molar-refractivity contribution is -0.384. The number of hydrogen-bond donors (Lipinski definition) is 1. The molecule has 1 heterocycles. The fourth-order valence-electron chi connectivity index (χ4n) is 2.24. The molecule has 28 heavy (non-hydrogen) atoms. The van der Waals surface area contributed by atoms with Crippen LogP contribution >= 0.6 is 23.2 Å². The number of carbonyl (C=O) groups is 1. The second-order valence-corrected chi connectivity index (χ2v) is 8.18. The van der Waals surface area contributed by atoms with Crippen LogP contribution in [0, 0.1) is 10.1 Å². The molecule has 0 bridgehead atoms. The number of nitrogens with zero attached hydrogens (tertiary/aromatic N) is 1. The molecule has 0 radical (unpaired) electrons. The predicted octanol–water partition coefficient (Wildman–Crippen LogP) is 4.58. The number of nitrogens with one attached hydrogen (secondary N) is 1. The van der Waals surface area contributed by atoms with Crippen molar-refractivity contribution in [2.24, 2.45) is 0 Å². The molecule has 0 spiro atoms. The minimum Gasteiger partial charge on any atom is -0.439 e.